The molecule has 0 N–H and O–H groups in total. The van der Waals surface area contributed by atoms with Crippen LogP contribution in [0.1, 0.15) is 0 Å². The molecule has 0 atom stereocenters. The van der Waals surface area contributed by atoms with Gasteiger partial charge in [0.25, 0.3) is 0 Å². The Balaban J connectivity index is 1.15. The van der Waals surface area contributed by atoms with Gasteiger partial charge in [-0.05, 0) is 107 Å². The summed E-state index contributed by atoms with van der Waals surface area (Å²) in [5, 5.41) is 18.3. The Hall–Kier alpha value is -8.66. The molecule has 0 radical (unpaired) electrons. The van der Waals surface area contributed by atoms with Crippen molar-refractivity contribution in [3.05, 3.63) is 206 Å². The van der Waals surface area contributed by atoms with E-state index < -0.39 is 0 Å². The molecule has 3 aromatic heterocycles. The molecule has 12 aromatic carbocycles. The molecule has 15 rings (SSSR count). The Labute approximate surface area is 370 Å². The quantitative estimate of drug-likeness (QED) is 0.167. The molecule has 3 heteroatoms. The van der Waals surface area contributed by atoms with Crippen LogP contribution in [-0.2, 0) is 0 Å². The van der Waals surface area contributed by atoms with Crippen molar-refractivity contribution in [2.24, 2.45) is 0 Å². The molecule has 0 aliphatic rings. The molecule has 0 unspecified atom stereocenters. The average molecular weight is 827 g/mol. The van der Waals surface area contributed by atoms with Crippen molar-refractivity contribution >= 4 is 120 Å². The summed E-state index contributed by atoms with van der Waals surface area (Å²) in [6.07, 6.45) is 0. The lowest BCUT2D eigenvalue weighted by atomic mass is 9.84. The normalized spacial score (nSPS) is 12.3. The molecule has 0 bridgehead atoms. The van der Waals surface area contributed by atoms with Gasteiger partial charge in [-0.1, -0.05) is 164 Å². The lowest BCUT2D eigenvalue weighted by Crippen LogP contribution is -1.92. The molecule has 65 heavy (non-hydrogen) atoms. The Morgan fingerprint density at radius 3 is 0.954 bits per heavy atom. The molecular formula is C62H34O3. The van der Waals surface area contributed by atoms with E-state index in [0.29, 0.717) is 0 Å². The molecular weight excluding hydrogens is 793 g/mol. The van der Waals surface area contributed by atoms with Crippen LogP contribution >= 0.6 is 0 Å². The fraction of sp³-hybridized carbons (Fsp3) is 0. The van der Waals surface area contributed by atoms with Gasteiger partial charge in [-0.25, -0.2) is 0 Å². The number of benzene rings is 12. The Morgan fingerprint density at radius 2 is 0.538 bits per heavy atom. The molecule has 0 amide bonds. The average Bonchev–Trinajstić information content (AvgIpc) is 4.08. The van der Waals surface area contributed by atoms with Crippen molar-refractivity contribution < 1.29 is 13.3 Å². The first kappa shape index (κ1) is 34.9. The highest BCUT2D eigenvalue weighted by Crippen LogP contribution is 2.51. The van der Waals surface area contributed by atoms with Crippen molar-refractivity contribution in [3.63, 3.8) is 0 Å². The third-order valence-corrected chi connectivity index (χ3v) is 14.0. The highest BCUT2D eigenvalue weighted by Gasteiger charge is 2.25. The van der Waals surface area contributed by atoms with Gasteiger partial charge in [-0.3, -0.25) is 0 Å². The third-order valence-electron chi connectivity index (χ3n) is 14.0. The van der Waals surface area contributed by atoms with Crippen LogP contribution in [0.5, 0.6) is 0 Å². The summed E-state index contributed by atoms with van der Waals surface area (Å²) in [5.74, 6) is 0. The van der Waals surface area contributed by atoms with Gasteiger partial charge in [0.15, 0.2) is 0 Å². The molecule has 0 aliphatic carbocycles. The van der Waals surface area contributed by atoms with E-state index in [2.05, 4.69) is 206 Å². The van der Waals surface area contributed by atoms with E-state index in [-0.39, 0.29) is 0 Å². The number of para-hydroxylation sites is 3. The van der Waals surface area contributed by atoms with Crippen molar-refractivity contribution in [2.75, 3.05) is 0 Å². The molecule has 300 valence electrons. The van der Waals surface area contributed by atoms with Crippen LogP contribution in [0.2, 0.25) is 0 Å². The van der Waals surface area contributed by atoms with Gasteiger partial charge in [0.1, 0.15) is 33.5 Å². The first-order valence-electron chi connectivity index (χ1n) is 22.2. The molecule has 0 spiro atoms. The van der Waals surface area contributed by atoms with E-state index in [9.17, 15) is 0 Å². The van der Waals surface area contributed by atoms with Gasteiger partial charge in [0.05, 0.1) is 0 Å². The second-order valence-corrected chi connectivity index (χ2v) is 17.4. The molecule has 3 nitrogen and oxygen atoms in total. The van der Waals surface area contributed by atoms with Crippen LogP contribution in [0.25, 0.3) is 153 Å². The SMILES string of the molecule is c1ccc2c(c1)cc(-c1cccc3c(-c4cc5ccccc5c5c4oc4ccccc45)c4cccc(-c5cc6ccccc6c6c5oc5ccccc56)c4cc13)c1oc3ccccc3c12. The topological polar surface area (TPSA) is 39.4 Å². The van der Waals surface area contributed by atoms with Crippen LogP contribution in [-0.4, -0.2) is 0 Å². The fourth-order valence-electron chi connectivity index (χ4n) is 11.2. The third kappa shape index (κ3) is 4.79. The number of hydrogen-bond donors (Lipinski definition) is 0. The Morgan fingerprint density at radius 1 is 0.215 bits per heavy atom. The molecule has 15 aromatic rings. The number of rotatable bonds is 3. The van der Waals surface area contributed by atoms with Crippen LogP contribution < -0.4 is 0 Å². The Kier molecular flexibility index (Phi) is 6.95. The lowest BCUT2D eigenvalue weighted by molar-refractivity contribution is 0.670. The lowest BCUT2D eigenvalue weighted by Gasteiger charge is -2.19. The van der Waals surface area contributed by atoms with E-state index in [0.717, 1.165) is 126 Å². The van der Waals surface area contributed by atoms with E-state index in [1.54, 1.807) is 0 Å². The molecule has 0 aliphatic heterocycles. The van der Waals surface area contributed by atoms with Crippen LogP contribution in [0.3, 0.4) is 0 Å². The summed E-state index contributed by atoms with van der Waals surface area (Å²) in [4.78, 5) is 0. The van der Waals surface area contributed by atoms with Crippen molar-refractivity contribution in [1.29, 1.82) is 0 Å². The fourth-order valence-corrected chi connectivity index (χ4v) is 11.2. The highest BCUT2D eigenvalue weighted by molar-refractivity contribution is 6.30. The Bertz CT molecular complexity index is 4330. The largest absolute Gasteiger partial charge is 0.455 e. The summed E-state index contributed by atoms with van der Waals surface area (Å²) >= 11 is 0. The monoisotopic (exact) mass is 826 g/mol. The summed E-state index contributed by atoms with van der Waals surface area (Å²) < 4.78 is 20.9. The first-order chi connectivity index (χ1) is 32.2. The summed E-state index contributed by atoms with van der Waals surface area (Å²) in [5.41, 5.74) is 11.8. The van der Waals surface area contributed by atoms with Crippen LogP contribution in [0, 0.1) is 0 Å². The van der Waals surface area contributed by atoms with Gasteiger partial charge in [0.2, 0.25) is 0 Å². The van der Waals surface area contributed by atoms with Crippen LogP contribution in [0.4, 0.5) is 0 Å². The number of furan rings is 3. The van der Waals surface area contributed by atoms with Gasteiger partial charge >= 0.3 is 0 Å². The second-order valence-electron chi connectivity index (χ2n) is 17.4. The molecule has 3 heterocycles. The van der Waals surface area contributed by atoms with Gasteiger partial charge in [-0.15, -0.1) is 0 Å². The molecule has 0 saturated heterocycles. The molecule has 0 saturated carbocycles. The molecule has 0 fully saturated rings. The zero-order valence-electron chi connectivity index (χ0n) is 34.9. The van der Waals surface area contributed by atoms with E-state index >= 15 is 0 Å². The van der Waals surface area contributed by atoms with Crippen LogP contribution in [0.15, 0.2) is 220 Å². The minimum absolute atomic E-state index is 0.873. The minimum atomic E-state index is 0.873. The standard InChI is InChI=1S/C62H34O3/c1-4-18-38-35(15-1)31-50(60-57(38)45-21-7-10-28-53(45)63-60)41-24-13-26-43-48(41)34-49-42(51-32-36-16-2-5-19-39(36)58-46-22-8-11-29-54(46)64-61(51)58)25-14-27-44(49)56(43)52-33-37-17-3-6-20-40(37)59-47-23-9-12-30-55(47)65-62(52)59/h1-34H. The maximum atomic E-state index is 7.02. The predicted octanol–water partition coefficient (Wildman–Crippen LogP) is 18.2. The summed E-state index contributed by atoms with van der Waals surface area (Å²) in [6, 6.07) is 74.2. The van der Waals surface area contributed by atoms with E-state index in [4.69, 9.17) is 13.3 Å². The summed E-state index contributed by atoms with van der Waals surface area (Å²) in [7, 11) is 0. The van der Waals surface area contributed by atoms with Gasteiger partial charge in [-0.2, -0.15) is 0 Å². The van der Waals surface area contributed by atoms with E-state index in [1.807, 2.05) is 0 Å². The first-order valence-corrected chi connectivity index (χ1v) is 22.2. The number of hydrogen-bond acceptors (Lipinski definition) is 3. The maximum absolute atomic E-state index is 7.02. The minimum Gasteiger partial charge on any atom is -0.455 e. The second kappa shape index (κ2) is 12.9. The van der Waals surface area contributed by atoms with Gasteiger partial charge in [0, 0.05) is 54.6 Å². The highest BCUT2D eigenvalue weighted by atomic mass is 16.3. The number of fused-ring (bicyclic) bond motifs is 17. The smallest absolute Gasteiger partial charge is 0.143 e. The summed E-state index contributed by atoms with van der Waals surface area (Å²) in [6.45, 7) is 0. The van der Waals surface area contributed by atoms with Crippen molar-refractivity contribution in [2.45, 2.75) is 0 Å². The zero-order chi connectivity index (χ0) is 42.3. The van der Waals surface area contributed by atoms with Crippen molar-refractivity contribution in [3.8, 4) is 33.4 Å². The van der Waals surface area contributed by atoms with Crippen molar-refractivity contribution in [1.82, 2.24) is 0 Å². The van der Waals surface area contributed by atoms with E-state index in [1.165, 1.54) is 26.9 Å². The predicted molar refractivity (Wildman–Crippen MR) is 272 cm³/mol. The maximum Gasteiger partial charge on any atom is 0.143 e. The van der Waals surface area contributed by atoms with Gasteiger partial charge < -0.3 is 13.3 Å². The zero-order valence-corrected chi connectivity index (χ0v) is 34.9.